The molecule has 1 N–H and O–H groups in total. The summed E-state index contributed by atoms with van der Waals surface area (Å²) in [5.41, 5.74) is 1.28. The van der Waals surface area contributed by atoms with E-state index < -0.39 is 0 Å². The Kier molecular flexibility index (Phi) is 7.00. The van der Waals surface area contributed by atoms with Crippen LogP contribution in [-0.2, 0) is 13.1 Å². The summed E-state index contributed by atoms with van der Waals surface area (Å²) < 4.78 is 2.18. The number of aromatic nitrogens is 2. The van der Waals surface area contributed by atoms with Gasteiger partial charge in [-0.3, -0.25) is 0 Å². The maximum atomic E-state index is 4.89. The molecule has 2 heterocycles. The molecule has 5 nitrogen and oxygen atoms in total. The third-order valence-electron chi connectivity index (χ3n) is 4.60. The SMILES string of the molecule is CCNC(=NCc1nccn1Cc1ccccc1)N1CCSC(CC)C1. The number of rotatable bonds is 6. The molecule has 2 aromatic rings. The monoisotopic (exact) mass is 371 g/mol. The van der Waals surface area contributed by atoms with Crippen molar-refractivity contribution in [2.24, 2.45) is 4.99 Å². The van der Waals surface area contributed by atoms with E-state index in [1.54, 1.807) is 0 Å². The molecule has 0 spiro atoms. The zero-order chi connectivity index (χ0) is 18.2. The molecule has 0 aliphatic carbocycles. The maximum Gasteiger partial charge on any atom is 0.194 e. The molecule has 0 amide bonds. The van der Waals surface area contributed by atoms with Gasteiger partial charge >= 0.3 is 0 Å². The molecule has 1 aliphatic rings. The molecule has 1 saturated heterocycles. The average Bonchev–Trinajstić information content (AvgIpc) is 3.13. The molecule has 3 rings (SSSR count). The summed E-state index contributed by atoms with van der Waals surface area (Å²) in [7, 11) is 0. The second-order valence-electron chi connectivity index (χ2n) is 6.47. The van der Waals surface area contributed by atoms with Crippen LogP contribution in [0.3, 0.4) is 0 Å². The molecule has 6 heteroatoms. The number of benzene rings is 1. The highest BCUT2D eigenvalue weighted by atomic mass is 32.2. The molecular weight excluding hydrogens is 342 g/mol. The molecular formula is C20H29N5S. The lowest BCUT2D eigenvalue weighted by atomic mass is 10.2. The lowest BCUT2D eigenvalue weighted by molar-refractivity contribution is 0.408. The third kappa shape index (κ3) is 5.04. The Hall–Kier alpha value is -1.95. The van der Waals surface area contributed by atoms with Crippen molar-refractivity contribution in [3.63, 3.8) is 0 Å². The van der Waals surface area contributed by atoms with Crippen molar-refractivity contribution < 1.29 is 0 Å². The van der Waals surface area contributed by atoms with E-state index in [0.29, 0.717) is 11.8 Å². The molecule has 1 aromatic carbocycles. The first kappa shape index (κ1) is 18.8. The van der Waals surface area contributed by atoms with Gasteiger partial charge in [-0.1, -0.05) is 37.3 Å². The number of hydrogen-bond acceptors (Lipinski definition) is 3. The van der Waals surface area contributed by atoms with Gasteiger partial charge in [0.2, 0.25) is 0 Å². The van der Waals surface area contributed by atoms with E-state index in [0.717, 1.165) is 38.0 Å². The molecule has 26 heavy (non-hydrogen) atoms. The van der Waals surface area contributed by atoms with Gasteiger partial charge in [-0.05, 0) is 18.9 Å². The quantitative estimate of drug-likeness (QED) is 0.626. The summed E-state index contributed by atoms with van der Waals surface area (Å²) in [6.45, 7) is 8.85. The van der Waals surface area contributed by atoms with Crippen molar-refractivity contribution in [3.8, 4) is 0 Å². The van der Waals surface area contributed by atoms with Crippen molar-refractivity contribution >= 4 is 17.7 Å². The molecule has 1 atom stereocenters. The van der Waals surface area contributed by atoms with Crippen LogP contribution in [0.4, 0.5) is 0 Å². The van der Waals surface area contributed by atoms with Gasteiger partial charge in [0.05, 0.1) is 0 Å². The van der Waals surface area contributed by atoms with Crippen LogP contribution in [-0.4, -0.2) is 51.0 Å². The molecule has 0 saturated carbocycles. The van der Waals surface area contributed by atoms with Gasteiger partial charge in [0.15, 0.2) is 5.96 Å². The topological polar surface area (TPSA) is 45.5 Å². The minimum Gasteiger partial charge on any atom is -0.357 e. The highest BCUT2D eigenvalue weighted by Gasteiger charge is 2.21. The van der Waals surface area contributed by atoms with Crippen LogP contribution in [0.5, 0.6) is 0 Å². The van der Waals surface area contributed by atoms with Gasteiger partial charge in [0, 0.05) is 49.6 Å². The van der Waals surface area contributed by atoms with Gasteiger partial charge in [-0.2, -0.15) is 11.8 Å². The summed E-state index contributed by atoms with van der Waals surface area (Å²) in [5, 5.41) is 4.16. The predicted octanol–water partition coefficient (Wildman–Crippen LogP) is 3.22. The number of nitrogens with one attached hydrogen (secondary N) is 1. The lowest BCUT2D eigenvalue weighted by Crippen LogP contribution is -2.48. The standard InChI is InChI=1S/C20H29N5S/c1-3-18-16-25(12-13-26-18)20(21-4-2)23-14-19-22-10-11-24(19)15-17-8-6-5-7-9-17/h5-11,18H,3-4,12-16H2,1-2H3,(H,21,23). The van der Waals surface area contributed by atoms with Crippen LogP contribution in [0.1, 0.15) is 31.7 Å². The van der Waals surface area contributed by atoms with Crippen LogP contribution < -0.4 is 5.32 Å². The zero-order valence-corrected chi connectivity index (χ0v) is 16.6. The number of nitrogens with zero attached hydrogens (tertiary/aromatic N) is 4. The summed E-state index contributed by atoms with van der Waals surface area (Å²) in [6.07, 6.45) is 5.11. The Morgan fingerprint density at radius 1 is 1.31 bits per heavy atom. The molecule has 1 aliphatic heterocycles. The van der Waals surface area contributed by atoms with Crippen LogP contribution >= 0.6 is 11.8 Å². The highest BCUT2D eigenvalue weighted by Crippen LogP contribution is 2.21. The minimum atomic E-state index is 0.600. The number of imidazole rings is 1. The normalized spacial score (nSPS) is 18.2. The number of aliphatic imine (C=N–C) groups is 1. The van der Waals surface area contributed by atoms with Crippen LogP contribution in [0.2, 0.25) is 0 Å². The highest BCUT2D eigenvalue weighted by molar-refractivity contribution is 8.00. The molecule has 0 radical (unpaired) electrons. The zero-order valence-electron chi connectivity index (χ0n) is 15.8. The van der Waals surface area contributed by atoms with E-state index in [1.165, 1.54) is 17.7 Å². The second kappa shape index (κ2) is 9.67. The van der Waals surface area contributed by atoms with E-state index >= 15 is 0 Å². The van der Waals surface area contributed by atoms with E-state index in [-0.39, 0.29) is 0 Å². The first-order valence-electron chi connectivity index (χ1n) is 9.49. The Morgan fingerprint density at radius 3 is 2.92 bits per heavy atom. The molecule has 1 aromatic heterocycles. The predicted molar refractivity (Wildman–Crippen MR) is 111 cm³/mol. The first-order valence-corrected chi connectivity index (χ1v) is 10.5. The van der Waals surface area contributed by atoms with Crippen molar-refractivity contribution in [2.75, 3.05) is 25.4 Å². The Morgan fingerprint density at radius 2 is 2.15 bits per heavy atom. The van der Waals surface area contributed by atoms with Gasteiger partial charge < -0.3 is 14.8 Å². The van der Waals surface area contributed by atoms with E-state index in [9.17, 15) is 0 Å². The number of thioether (sulfide) groups is 1. The Balaban J connectivity index is 1.69. The Bertz CT molecular complexity index is 697. The molecule has 0 bridgehead atoms. The number of hydrogen-bond donors (Lipinski definition) is 1. The largest absolute Gasteiger partial charge is 0.357 e. The fourth-order valence-corrected chi connectivity index (χ4v) is 4.33. The summed E-state index contributed by atoms with van der Waals surface area (Å²) in [5.74, 6) is 3.19. The Labute approximate surface area is 160 Å². The molecule has 1 fully saturated rings. The number of guanidine groups is 1. The second-order valence-corrected chi connectivity index (χ2v) is 7.88. The summed E-state index contributed by atoms with van der Waals surface area (Å²) in [6, 6.07) is 10.5. The fraction of sp³-hybridized carbons (Fsp3) is 0.500. The van der Waals surface area contributed by atoms with Crippen LogP contribution in [0.15, 0.2) is 47.7 Å². The third-order valence-corrected chi connectivity index (χ3v) is 5.97. The van der Waals surface area contributed by atoms with Gasteiger partial charge in [0.1, 0.15) is 12.4 Å². The summed E-state index contributed by atoms with van der Waals surface area (Å²) >= 11 is 2.08. The minimum absolute atomic E-state index is 0.600. The van der Waals surface area contributed by atoms with Crippen molar-refractivity contribution in [1.82, 2.24) is 19.8 Å². The van der Waals surface area contributed by atoms with E-state index in [1.807, 2.05) is 18.5 Å². The lowest BCUT2D eigenvalue weighted by Gasteiger charge is -2.34. The maximum absolute atomic E-state index is 4.89. The average molecular weight is 372 g/mol. The van der Waals surface area contributed by atoms with Gasteiger partial charge in [0.25, 0.3) is 0 Å². The van der Waals surface area contributed by atoms with Crippen molar-refractivity contribution in [1.29, 1.82) is 0 Å². The van der Waals surface area contributed by atoms with Crippen molar-refractivity contribution in [2.45, 2.75) is 38.6 Å². The molecule has 1 unspecified atom stereocenters. The van der Waals surface area contributed by atoms with Crippen LogP contribution in [0.25, 0.3) is 0 Å². The molecule has 140 valence electrons. The van der Waals surface area contributed by atoms with Gasteiger partial charge in [-0.25, -0.2) is 9.98 Å². The summed E-state index contributed by atoms with van der Waals surface area (Å²) in [4.78, 5) is 11.8. The van der Waals surface area contributed by atoms with Gasteiger partial charge in [-0.15, -0.1) is 0 Å². The van der Waals surface area contributed by atoms with Crippen molar-refractivity contribution in [3.05, 3.63) is 54.1 Å². The van der Waals surface area contributed by atoms with Crippen LogP contribution in [0, 0.1) is 0 Å². The van der Waals surface area contributed by atoms with E-state index in [2.05, 4.69) is 69.6 Å². The smallest absolute Gasteiger partial charge is 0.194 e. The first-order chi connectivity index (χ1) is 12.8. The van der Waals surface area contributed by atoms with E-state index in [4.69, 9.17) is 4.99 Å². The fourth-order valence-electron chi connectivity index (χ4n) is 3.15.